The third-order valence-corrected chi connectivity index (χ3v) is 10.5. The Morgan fingerprint density at radius 1 is 1.18 bits per heavy atom. The molecule has 2 saturated heterocycles. The summed E-state index contributed by atoms with van der Waals surface area (Å²) in [6.07, 6.45) is 11.6. The number of epoxide rings is 1. The lowest BCUT2D eigenvalue weighted by Gasteiger charge is -2.47. The van der Waals surface area contributed by atoms with Crippen LogP contribution in [0.5, 0.6) is 0 Å². The van der Waals surface area contributed by atoms with Crippen LogP contribution < -0.4 is 5.32 Å². The normalized spacial score (nSPS) is 44.1. The van der Waals surface area contributed by atoms with Gasteiger partial charge >= 0.3 is 0 Å². The maximum atomic E-state index is 14.4. The Balaban J connectivity index is 1.37. The van der Waals surface area contributed by atoms with E-state index >= 15 is 0 Å². The van der Waals surface area contributed by atoms with Gasteiger partial charge in [0.2, 0.25) is 5.91 Å². The largest absolute Gasteiger partial charge is 0.365 e. The maximum Gasteiger partial charge on any atom is 0.233 e. The molecule has 2 aromatic rings. The van der Waals surface area contributed by atoms with Crippen molar-refractivity contribution in [2.45, 2.75) is 77.2 Å². The van der Waals surface area contributed by atoms with Crippen LogP contribution in [0.3, 0.4) is 0 Å². The van der Waals surface area contributed by atoms with Crippen molar-refractivity contribution in [1.82, 2.24) is 10.3 Å². The minimum atomic E-state index is -0.789. The van der Waals surface area contributed by atoms with Gasteiger partial charge < -0.3 is 15.0 Å². The number of amides is 1. The van der Waals surface area contributed by atoms with Crippen molar-refractivity contribution in [2.75, 3.05) is 0 Å². The minimum absolute atomic E-state index is 0.0180. The molecule has 0 radical (unpaired) electrons. The molecule has 1 aliphatic carbocycles. The first-order valence-corrected chi connectivity index (χ1v) is 14.3. The van der Waals surface area contributed by atoms with E-state index in [9.17, 15) is 9.59 Å². The van der Waals surface area contributed by atoms with Crippen molar-refractivity contribution < 1.29 is 14.3 Å². The van der Waals surface area contributed by atoms with Gasteiger partial charge in [-0.1, -0.05) is 50.3 Å². The summed E-state index contributed by atoms with van der Waals surface area (Å²) in [6, 6.07) is 7.92. The fourth-order valence-corrected chi connectivity index (χ4v) is 8.45. The Labute approximate surface area is 224 Å². The van der Waals surface area contributed by atoms with E-state index in [0.717, 1.165) is 29.6 Å². The Hall–Kier alpha value is -2.99. The van der Waals surface area contributed by atoms with Gasteiger partial charge in [0.1, 0.15) is 11.5 Å². The SMILES string of the molecule is C/C1=C/[C@@H](C)C/C=C\[C@H]2[C@@H]3O[C@]3(C)[C@@H](C)[C@H]3[C@H](Cc4c[nH]c5ccccc45)NC(=O)[C@]32C2=N[C@@H](CC2)C1=O. The first-order valence-electron chi connectivity index (χ1n) is 14.3. The number of benzene rings is 1. The number of ether oxygens (including phenoxy) is 1. The molecule has 6 heteroatoms. The summed E-state index contributed by atoms with van der Waals surface area (Å²) >= 11 is 0. The molecule has 38 heavy (non-hydrogen) atoms. The molecule has 6 nitrogen and oxygen atoms in total. The number of rotatable bonds is 2. The van der Waals surface area contributed by atoms with Gasteiger partial charge in [0, 0.05) is 40.7 Å². The highest BCUT2D eigenvalue weighted by molar-refractivity contribution is 6.14. The molecule has 1 aromatic heterocycles. The Kier molecular flexibility index (Phi) is 5.23. The molecule has 9 atom stereocenters. The predicted molar refractivity (Wildman–Crippen MR) is 148 cm³/mol. The molecule has 198 valence electrons. The number of H-pyrrole nitrogens is 1. The number of fused-ring (bicyclic) bond motifs is 4. The monoisotopic (exact) mass is 511 g/mol. The van der Waals surface area contributed by atoms with Gasteiger partial charge in [-0.15, -0.1) is 0 Å². The van der Waals surface area contributed by atoms with E-state index in [1.165, 1.54) is 10.9 Å². The van der Waals surface area contributed by atoms with E-state index in [1.807, 2.05) is 13.0 Å². The zero-order valence-corrected chi connectivity index (χ0v) is 22.7. The van der Waals surface area contributed by atoms with Crippen LogP contribution in [-0.4, -0.2) is 46.2 Å². The van der Waals surface area contributed by atoms with Crippen LogP contribution in [-0.2, 0) is 20.7 Å². The summed E-state index contributed by atoms with van der Waals surface area (Å²) in [4.78, 5) is 36.3. The van der Waals surface area contributed by atoms with Crippen LogP contribution in [0.2, 0.25) is 0 Å². The van der Waals surface area contributed by atoms with Crippen molar-refractivity contribution in [3.8, 4) is 0 Å². The van der Waals surface area contributed by atoms with Gasteiger partial charge in [-0.05, 0) is 68.6 Å². The van der Waals surface area contributed by atoms with E-state index in [2.05, 4.69) is 73.7 Å². The fourth-order valence-electron chi connectivity index (χ4n) is 8.45. The predicted octanol–water partition coefficient (Wildman–Crippen LogP) is 4.95. The Bertz CT molecular complexity index is 1430. The summed E-state index contributed by atoms with van der Waals surface area (Å²) in [7, 11) is 0. The molecule has 7 rings (SSSR count). The number of para-hydroxylation sites is 1. The first-order chi connectivity index (χ1) is 18.2. The summed E-state index contributed by atoms with van der Waals surface area (Å²) in [6.45, 7) is 8.55. The number of Topliss-reactive ketones (excluding diaryl/α,β-unsaturated/α-hetero) is 1. The number of aromatic amines is 1. The number of allylic oxidation sites excluding steroid dienone is 2. The molecule has 2 bridgehead atoms. The van der Waals surface area contributed by atoms with Crippen LogP contribution >= 0.6 is 0 Å². The summed E-state index contributed by atoms with van der Waals surface area (Å²) in [5.41, 5.74) is 2.98. The molecular weight excluding hydrogens is 474 g/mol. The molecule has 3 fully saturated rings. The highest BCUT2D eigenvalue weighted by Crippen LogP contribution is 2.66. The van der Waals surface area contributed by atoms with Crippen LogP contribution in [0.25, 0.3) is 10.9 Å². The van der Waals surface area contributed by atoms with Crippen molar-refractivity contribution in [3.63, 3.8) is 0 Å². The Morgan fingerprint density at radius 3 is 2.84 bits per heavy atom. The molecule has 1 amide bonds. The topological polar surface area (TPSA) is 86.8 Å². The quantitative estimate of drug-likeness (QED) is 0.442. The number of nitrogens with zero attached hydrogens (tertiary/aromatic N) is 1. The van der Waals surface area contributed by atoms with Crippen molar-refractivity contribution in [2.24, 2.45) is 34.1 Å². The highest BCUT2D eigenvalue weighted by Gasteiger charge is 2.77. The molecule has 1 spiro atoms. The second kappa shape index (κ2) is 8.25. The summed E-state index contributed by atoms with van der Waals surface area (Å²) < 4.78 is 6.50. The van der Waals surface area contributed by atoms with Crippen LogP contribution in [0.4, 0.5) is 0 Å². The van der Waals surface area contributed by atoms with Crippen molar-refractivity contribution >= 4 is 28.3 Å². The zero-order valence-electron chi connectivity index (χ0n) is 22.7. The third kappa shape index (κ3) is 3.19. The van der Waals surface area contributed by atoms with Crippen molar-refractivity contribution in [3.05, 3.63) is 59.8 Å². The number of ketones is 1. The van der Waals surface area contributed by atoms with Gasteiger partial charge in [-0.25, -0.2) is 0 Å². The summed E-state index contributed by atoms with van der Waals surface area (Å²) in [5, 5.41) is 4.68. The Morgan fingerprint density at radius 2 is 2.00 bits per heavy atom. The molecule has 2 N–H and O–H groups in total. The van der Waals surface area contributed by atoms with E-state index in [1.54, 1.807) is 0 Å². The number of aromatic nitrogens is 1. The average molecular weight is 512 g/mol. The number of carbonyl (C=O) groups excluding carboxylic acids is 2. The van der Waals surface area contributed by atoms with Crippen LogP contribution in [0.1, 0.15) is 52.5 Å². The van der Waals surface area contributed by atoms with E-state index in [4.69, 9.17) is 9.73 Å². The van der Waals surface area contributed by atoms with Gasteiger partial charge in [-0.3, -0.25) is 14.6 Å². The second-order valence-electron chi connectivity index (χ2n) is 12.6. The number of nitrogens with one attached hydrogen (secondary N) is 2. The van der Waals surface area contributed by atoms with Gasteiger partial charge in [0.25, 0.3) is 0 Å². The lowest BCUT2D eigenvalue weighted by molar-refractivity contribution is -0.128. The smallest absolute Gasteiger partial charge is 0.233 e. The lowest BCUT2D eigenvalue weighted by atomic mass is 9.51. The van der Waals surface area contributed by atoms with E-state index in [0.29, 0.717) is 12.8 Å². The molecular formula is C32H37N3O3. The van der Waals surface area contributed by atoms with E-state index < -0.39 is 11.5 Å². The second-order valence-corrected chi connectivity index (χ2v) is 12.6. The summed E-state index contributed by atoms with van der Waals surface area (Å²) in [5.74, 6) is 0.503. The molecule has 5 aliphatic rings. The molecule has 1 saturated carbocycles. The molecule has 4 aliphatic heterocycles. The number of hydrogen-bond donors (Lipinski definition) is 2. The highest BCUT2D eigenvalue weighted by atomic mass is 16.6. The average Bonchev–Trinajstić information content (AvgIpc) is 3.23. The maximum absolute atomic E-state index is 14.4. The van der Waals surface area contributed by atoms with Crippen molar-refractivity contribution in [1.29, 1.82) is 0 Å². The zero-order chi connectivity index (χ0) is 26.4. The first kappa shape index (κ1) is 24.1. The minimum Gasteiger partial charge on any atom is -0.365 e. The van der Waals surface area contributed by atoms with Crippen LogP contribution in [0.15, 0.2) is 59.3 Å². The molecule has 0 unspecified atom stereocenters. The van der Waals surface area contributed by atoms with Gasteiger partial charge in [0.15, 0.2) is 5.78 Å². The number of aliphatic imine (C=N–C) groups is 1. The number of carbonyl (C=O) groups is 2. The molecule has 1 aromatic carbocycles. The lowest BCUT2D eigenvalue weighted by Crippen LogP contribution is -2.58. The standard InChI is InChI=1S/C32H37N3O3/c1-17-8-7-10-22-29-31(4,38-29)19(3)27-25(15-20-16-33-23-11-6-5-9-21(20)23)35-30(37)32(22,27)26-13-12-24(34-26)28(36)18(2)14-17/h5-7,9-11,14,16-17,19,22,24-25,27,29,33H,8,12-13,15H2,1-4H3,(H,35,37)/b10-7-,18-14-/t17-,19-,22-,24-,25-,27-,29-,31+,32+/m0/s1. The number of hydrogen-bond acceptors (Lipinski definition) is 4. The van der Waals surface area contributed by atoms with E-state index in [-0.39, 0.29) is 53.1 Å². The third-order valence-electron chi connectivity index (χ3n) is 10.5. The molecule has 5 heterocycles. The van der Waals surface area contributed by atoms with Crippen LogP contribution in [0, 0.1) is 29.1 Å². The van der Waals surface area contributed by atoms with Gasteiger partial charge in [0.05, 0.1) is 11.7 Å². The fraction of sp³-hybridized carbons (Fsp3) is 0.531. The van der Waals surface area contributed by atoms with Gasteiger partial charge in [-0.2, -0.15) is 0 Å².